The van der Waals surface area contributed by atoms with Crippen LogP contribution in [0.15, 0.2) is 16.9 Å². The first kappa shape index (κ1) is 7.37. The van der Waals surface area contributed by atoms with Crippen LogP contribution in [-0.4, -0.2) is 4.98 Å². The van der Waals surface area contributed by atoms with Crippen molar-refractivity contribution in [3.63, 3.8) is 0 Å². The number of hydrogen-bond acceptors (Lipinski definition) is 1. The minimum absolute atomic E-state index is 0.232. The van der Waals surface area contributed by atoms with Gasteiger partial charge in [0.25, 0.3) is 0 Å². The van der Waals surface area contributed by atoms with E-state index in [1.165, 1.54) is 18.4 Å². The molecule has 1 fully saturated rings. The van der Waals surface area contributed by atoms with Crippen molar-refractivity contribution >= 4 is 15.9 Å². The van der Waals surface area contributed by atoms with Crippen LogP contribution in [0, 0.1) is 5.92 Å². The lowest BCUT2D eigenvalue weighted by molar-refractivity contribution is 0.631. The van der Waals surface area contributed by atoms with Gasteiger partial charge in [0, 0.05) is 17.8 Å². The van der Waals surface area contributed by atoms with Gasteiger partial charge in [0.1, 0.15) is 0 Å². The Morgan fingerprint density at radius 2 is 2.36 bits per heavy atom. The highest BCUT2D eigenvalue weighted by Crippen LogP contribution is 2.40. The van der Waals surface area contributed by atoms with E-state index in [0.717, 1.165) is 10.5 Å². The Bertz CT molecular complexity index is 252. The molecule has 1 saturated carbocycles. The molecule has 0 amide bonds. The summed E-state index contributed by atoms with van der Waals surface area (Å²) in [5, 5.41) is 0. The van der Waals surface area contributed by atoms with Crippen molar-refractivity contribution in [2.75, 3.05) is 0 Å². The Balaban J connectivity index is 2.20. The summed E-state index contributed by atoms with van der Waals surface area (Å²) in [7, 11) is 0. The highest BCUT2D eigenvalue weighted by molar-refractivity contribution is 9.10. The van der Waals surface area contributed by atoms with Gasteiger partial charge < -0.3 is 10.7 Å². The fourth-order valence-corrected chi connectivity index (χ4v) is 1.86. The third-order valence-corrected chi connectivity index (χ3v) is 2.90. The van der Waals surface area contributed by atoms with E-state index in [9.17, 15) is 0 Å². The van der Waals surface area contributed by atoms with Crippen molar-refractivity contribution < 1.29 is 0 Å². The zero-order valence-corrected chi connectivity index (χ0v) is 7.76. The Kier molecular flexibility index (Phi) is 1.77. The number of H-pyrrole nitrogens is 1. The molecule has 1 aliphatic carbocycles. The largest absolute Gasteiger partial charge is 0.356 e. The zero-order chi connectivity index (χ0) is 7.84. The molecule has 3 heteroatoms. The number of nitrogens with one attached hydrogen (secondary N) is 1. The van der Waals surface area contributed by atoms with Crippen LogP contribution < -0.4 is 5.73 Å². The van der Waals surface area contributed by atoms with Crippen LogP contribution in [0.1, 0.15) is 24.4 Å². The average Bonchev–Trinajstić information content (AvgIpc) is 2.74. The van der Waals surface area contributed by atoms with E-state index in [1.54, 1.807) is 0 Å². The van der Waals surface area contributed by atoms with Gasteiger partial charge in [-0.1, -0.05) is 0 Å². The van der Waals surface area contributed by atoms with E-state index < -0.39 is 0 Å². The molecule has 1 aliphatic rings. The molecule has 0 spiro atoms. The Morgan fingerprint density at radius 1 is 1.64 bits per heavy atom. The summed E-state index contributed by atoms with van der Waals surface area (Å²) in [5.74, 6) is 0.724. The average molecular weight is 215 g/mol. The molecule has 0 aliphatic heterocycles. The molecule has 0 bridgehead atoms. The second-order valence-electron chi connectivity index (χ2n) is 3.11. The quantitative estimate of drug-likeness (QED) is 0.779. The molecule has 0 aromatic carbocycles. The van der Waals surface area contributed by atoms with E-state index in [2.05, 4.69) is 20.9 Å². The SMILES string of the molecule is N[C@H](c1cc[nH]c1Br)C1CC1. The Morgan fingerprint density at radius 3 is 2.82 bits per heavy atom. The summed E-state index contributed by atoms with van der Waals surface area (Å²) in [4.78, 5) is 3.07. The highest BCUT2D eigenvalue weighted by atomic mass is 79.9. The minimum Gasteiger partial charge on any atom is -0.356 e. The second kappa shape index (κ2) is 2.64. The molecule has 2 nitrogen and oxygen atoms in total. The molecular formula is C8H11BrN2. The highest BCUT2D eigenvalue weighted by Gasteiger charge is 2.30. The summed E-state index contributed by atoms with van der Waals surface area (Å²) in [5.41, 5.74) is 7.21. The number of halogens is 1. The normalized spacial score (nSPS) is 20.2. The van der Waals surface area contributed by atoms with E-state index in [4.69, 9.17) is 5.73 Å². The van der Waals surface area contributed by atoms with Gasteiger partial charge in [0.2, 0.25) is 0 Å². The van der Waals surface area contributed by atoms with Crippen molar-refractivity contribution in [2.45, 2.75) is 18.9 Å². The van der Waals surface area contributed by atoms with Gasteiger partial charge in [0.05, 0.1) is 4.60 Å². The maximum atomic E-state index is 6.00. The number of nitrogens with two attached hydrogens (primary N) is 1. The van der Waals surface area contributed by atoms with Crippen LogP contribution in [-0.2, 0) is 0 Å². The molecule has 1 aromatic heterocycles. The van der Waals surface area contributed by atoms with Gasteiger partial charge in [-0.3, -0.25) is 0 Å². The van der Waals surface area contributed by atoms with Gasteiger partial charge in [-0.25, -0.2) is 0 Å². The van der Waals surface area contributed by atoms with Gasteiger partial charge >= 0.3 is 0 Å². The lowest BCUT2D eigenvalue weighted by atomic mass is 10.1. The van der Waals surface area contributed by atoms with Crippen molar-refractivity contribution in [3.05, 3.63) is 22.4 Å². The van der Waals surface area contributed by atoms with Gasteiger partial charge in [-0.05, 0) is 40.8 Å². The number of rotatable bonds is 2. The molecule has 0 unspecified atom stereocenters. The van der Waals surface area contributed by atoms with Gasteiger partial charge in [-0.15, -0.1) is 0 Å². The smallest absolute Gasteiger partial charge is 0.0868 e. The summed E-state index contributed by atoms with van der Waals surface area (Å²) < 4.78 is 1.04. The third kappa shape index (κ3) is 1.35. The van der Waals surface area contributed by atoms with E-state index in [0.29, 0.717) is 0 Å². The molecule has 0 radical (unpaired) electrons. The second-order valence-corrected chi connectivity index (χ2v) is 3.90. The molecule has 0 saturated heterocycles. The first-order valence-electron chi connectivity index (χ1n) is 3.87. The summed E-state index contributed by atoms with van der Waals surface area (Å²) in [6, 6.07) is 2.28. The summed E-state index contributed by atoms with van der Waals surface area (Å²) >= 11 is 3.43. The van der Waals surface area contributed by atoms with Crippen molar-refractivity contribution in [2.24, 2.45) is 11.7 Å². The fourth-order valence-electron chi connectivity index (χ4n) is 1.33. The standard InChI is InChI=1S/C8H11BrN2/c9-8-6(3-4-11-8)7(10)5-1-2-5/h3-5,7,11H,1-2,10H2/t7-/m0/s1. The lowest BCUT2D eigenvalue weighted by Gasteiger charge is -2.07. The monoisotopic (exact) mass is 214 g/mol. The Labute approximate surface area is 74.3 Å². The fraction of sp³-hybridized carbons (Fsp3) is 0.500. The van der Waals surface area contributed by atoms with E-state index >= 15 is 0 Å². The van der Waals surface area contributed by atoms with Crippen LogP contribution in [0.4, 0.5) is 0 Å². The number of aromatic nitrogens is 1. The van der Waals surface area contributed by atoms with Crippen molar-refractivity contribution in [1.82, 2.24) is 4.98 Å². The van der Waals surface area contributed by atoms with E-state index in [1.807, 2.05) is 12.3 Å². The Hall–Kier alpha value is -0.280. The maximum Gasteiger partial charge on any atom is 0.0868 e. The summed E-state index contributed by atoms with van der Waals surface area (Å²) in [6.45, 7) is 0. The van der Waals surface area contributed by atoms with Crippen LogP contribution >= 0.6 is 15.9 Å². The number of aromatic amines is 1. The van der Waals surface area contributed by atoms with Crippen molar-refractivity contribution in [1.29, 1.82) is 0 Å². The van der Waals surface area contributed by atoms with Crippen LogP contribution in [0.3, 0.4) is 0 Å². The van der Waals surface area contributed by atoms with Gasteiger partial charge in [0.15, 0.2) is 0 Å². The molecule has 3 N–H and O–H groups in total. The van der Waals surface area contributed by atoms with Gasteiger partial charge in [-0.2, -0.15) is 0 Å². The molecule has 2 rings (SSSR count). The third-order valence-electron chi connectivity index (χ3n) is 2.22. The molecule has 1 atom stereocenters. The number of hydrogen-bond donors (Lipinski definition) is 2. The summed E-state index contributed by atoms with van der Waals surface area (Å²) in [6.07, 6.45) is 4.50. The topological polar surface area (TPSA) is 41.8 Å². The van der Waals surface area contributed by atoms with Crippen LogP contribution in [0.2, 0.25) is 0 Å². The van der Waals surface area contributed by atoms with Crippen LogP contribution in [0.25, 0.3) is 0 Å². The molecule has 1 heterocycles. The van der Waals surface area contributed by atoms with E-state index in [-0.39, 0.29) is 6.04 Å². The molecule has 1 aromatic rings. The molecular weight excluding hydrogens is 204 g/mol. The van der Waals surface area contributed by atoms with Crippen LogP contribution in [0.5, 0.6) is 0 Å². The predicted octanol–water partition coefficient (Wildman–Crippen LogP) is 2.19. The predicted molar refractivity (Wildman–Crippen MR) is 48.1 cm³/mol. The zero-order valence-electron chi connectivity index (χ0n) is 6.18. The van der Waals surface area contributed by atoms with Crippen molar-refractivity contribution in [3.8, 4) is 0 Å². The maximum absolute atomic E-state index is 6.00. The first-order valence-corrected chi connectivity index (χ1v) is 4.66. The molecule has 11 heavy (non-hydrogen) atoms. The molecule has 60 valence electrons. The minimum atomic E-state index is 0.232. The first-order chi connectivity index (χ1) is 5.29. The lowest BCUT2D eigenvalue weighted by Crippen LogP contribution is -2.11.